The lowest BCUT2D eigenvalue weighted by atomic mass is 10.2. The first-order chi connectivity index (χ1) is 11.0. The van der Waals surface area contributed by atoms with Gasteiger partial charge in [-0.2, -0.15) is 8.42 Å². The minimum Gasteiger partial charge on any atom is -0.496 e. The summed E-state index contributed by atoms with van der Waals surface area (Å²) in [4.78, 5) is 12.3. The molecule has 0 spiro atoms. The number of amides is 1. The first kappa shape index (κ1) is 15.0. The van der Waals surface area contributed by atoms with Crippen LogP contribution in [0.1, 0.15) is 15.9 Å². The number of benzene rings is 2. The molecule has 0 unspecified atom stereocenters. The molecule has 1 aliphatic rings. The van der Waals surface area contributed by atoms with Gasteiger partial charge in [-0.1, -0.05) is 24.3 Å². The fourth-order valence-corrected chi connectivity index (χ4v) is 3.39. The lowest BCUT2D eigenvalue weighted by molar-refractivity contribution is 0.0941. The fourth-order valence-electron chi connectivity index (χ4n) is 2.21. The standard InChI is InChI=1S/C15H13N3O4S/c1-22-12-8-4-2-6-10(12)15(19)17-16-14-11-7-3-5-9-13(11)23(20,21)18-14/h2-9H,1H3,(H,16,18)(H,17,19). The predicted molar refractivity (Wildman–Crippen MR) is 83.8 cm³/mol. The summed E-state index contributed by atoms with van der Waals surface area (Å²) in [5, 5.41) is 0. The van der Waals surface area contributed by atoms with Crippen LogP contribution in [-0.2, 0) is 10.0 Å². The van der Waals surface area contributed by atoms with Gasteiger partial charge in [0.2, 0.25) is 0 Å². The quantitative estimate of drug-likeness (QED) is 0.803. The highest BCUT2D eigenvalue weighted by Crippen LogP contribution is 2.24. The molecule has 0 atom stereocenters. The third-order valence-electron chi connectivity index (χ3n) is 3.28. The number of hydrogen-bond donors (Lipinski definition) is 2. The lowest BCUT2D eigenvalue weighted by Crippen LogP contribution is -2.41. The van der Waals surface area contributed by atoms with Crippen molar-refractivity contribution in [1.29, 1.82) is 0 Å². The van der Waals surface area contributed by atoms with Gasteiger partial charge in [0.15, 0.2) is 5.84 Å². The van der Waals surface area contributed by atoms with Crippen molar-refractivity contribution in [2.45, 2.75) is 4.90 Å². The summed E-state index contributed by atoms with van der Waals surface area (Å²) >= 11 is 0. The van der Waals surface area contributed by atoms with Crippen molar-refractivity contribution in [3.8, 4) is 5.75 Å². The molecule has 2 aromatic carbocycles. The van der Waals surface area contributed by atoms with E-state index >= 15 is 0 Å². The van der Waals surface area contributed by atoms with Crippen LogP contribution in [0, 0.1) is 0 Å². The number of nitrogens with zero attached hydrogens (tertiary/aromatic N) is 1. The molecule has 23 heavy (non-hydrogen) atoms. The number of carbonyl (C=O) groups is 1. The van der Waals surface area contributed by atoms with E-state index in [-0.39, 0.29) is 10.7 Å². The number of hydrogen-bond acceptors (Lipinski definition) is 5. The van der Waals surface area contributed by atoms with Crippen molar-refractivity contribution in [2.24, 2.45) is 4.40 Å². The minimum absolute atomic E-state index is 0.0730. The van der Waals surface area contributed by atoms with Crippen molar-refractivity contribution in [3.63, 3.8) is 0 Å². The van der Waals surface area contributed by atoms with Crippen LogP contribution < -0.4 is 15.6 Å². The van der Waals surface area contributed by atoms with Crippen LogP contribution >= 0.6 is 0 Å². The van der Waals surface area contributed by atoms with E-state index in [0.29, 0.717) is 16.9 Å². The summed E-state index contributed by atoms with van der Waals surface area (Å²) in [5.41, 5.74) is 5.72. The van der Waals surface area contributed by atoms with Gasteiger partial charge in [0.05, 0.1) is 12.7 Å². The Kier molecular flexibility index (Phi) is 3.75. The molecule has 0 radical (unpaired) electrons. The van der Waals surface area contributed by atoms with Gasteiger partial charge in [-0.25, -0.2) is 0 Å². The van der Waals surface area contributed by atoms with E-state index in [1.54, 1.807) is 42.5 Å². The van der Waals surface area contributed by atoms with Crippen molar-refractivity contribution >= 4 is 21.8 Å². The summed E-state index contributed by atoms with van der Waals surface area (Å²) in [6, 6.07) is 13.1. The van der Waals surface area contributed by atoms with E-state index < -0.39 is 15.9 Å². The number of fused-ring (bicyclic) bond motifs is 1. The van der Waals surface area contributed by atoms with Crippen LogP contribution in [0.2, 0.25) is 0 Å². The maximum absolute atomic E-state index is 12.2. The van der Waals surface area contributed by atoms with Crippen LogP contribution in [0.25, 0.3) is 0 Å². The SMILES string of the molecule is COc1ccccc1C(=O)NNC1=NS(=O)(=O)c2ccccc21. The Labute approximate surface area is 133 Å². The Hall–Kier alpha value is -2.87. The highest BCUT2D eigenvalue weighted by molar-refractivity contribution is 7.90. The highest BCUT2D eigenvalue weighted by Gasteiger charge is 2.28. The monoisotopic (exact) mass is 331 g/mol. The number of rotatable bonds is 2. The minimum atomic E-state index is -3.73. The van der Waals surface area contributed by atoms with E-state index in [9.17, 15) is 13.2 Å². The summed E-state index contributed by atoms with van der Waals surface area (Å²) in [6.07, 6.45) is 0. The molecule has 0 saturated carbocycles. The summed E-state index contributed by atoms with van der Waals surface area (Å²) in [5.74, 6) is 0.0176. The topological polar surface area (TPSA) is 96.9 Å². The number of hydrazine groups is 1. The molecule has 1 aliphatic heterocycles. The van der Waals surface area contributed by atoms with E-state index in [1.807, 2.05) is 0 Å². The van der Waals surface area contributed by atoms with Crippen molar-refractivity contribution in [1.82, 2.24) is 10.9 Å². The maximum atomic E-state index is 12.2. The number of methoxy groups -OCH3 is 1. The molecular formula is C15H13N3O4S. The van der Waals surface area contributed by atoms with Gasteiger partial charge in [0.1, 0.15) is 10.6 Å². The molecule has 118 valence electrons. The summed E-state index contributed by atoms with van der Waals surface area (Å²) < 4.78 is 32.6. The molecule has 1 amide bonds. The van der Waals surface area contributed by atoms with E-state index in [4.69, 9.17) is 4.74 Å². The average Bonchev–Trinajstić information content (AvgIpc) is 2.84. The second-order valence-corrected chi connectivity index (χ2v) is 6.26. The molecule has 7 nitrogen and oxygen atoms in total. The van der Waals surface area contributed by atoms with Crippen LogP contribution in [0.15, 0.2) is 57.8 Å². The average molecular weight is 331 g/mol. The number of sulfonamides is 1. The van der Waals surface area contributed by atoms with Crippen LogP contribution in [-0.4, -0.2) is 27.3 Å². The van der Waals surface area contributed by atoms with Crippen molar-refractivity contribution in [2.75, 3.05) is 7.11 Å². The zero-order valence-electron chi connectivity index (χ0n) is 12.1. The van der Waals surface area contributed by atoms with Gasteiger partial charge >= 0.3 is 0 Å². The van der Waals surface area contributed by atoms with Gasteiger partial charge in [0.25, 0.3) is 15.9 Å². The maximum Gasteiger partial charge on any atom is 0.285 e. The molecule has 0 aliphatic carbocycles. The molecule has 2 aromatic rings. The first-order valence-electron chi connectivity index (χ1n) is 6.66. The smallest absolute Gasteiger partial charge is 0.285 e. The molecular weight excluding hydrogens is 318 g/mol. The fraction of sp³-hybridized carbons (Fsp3) is 0.0667. The molecule has 0 aromatic heterocycles. The van der Waals surface area contributed by atoms with Crippen LogP contribution in [0.3, 0.4) is 0 Å². The highest BCUT2D eigenvalue weighted by atomic mass is 32.2. The number of nitrogens with one attached hydrogen (secondary N) is 2. The largest absolute Gasteiger partial charge is 0.496 e. The zero-order valence-corrected chi connectivity index (χ0v) is 12.9. The van der Waals surface area contributed by atoms with Crippen LogP contribution in [0.4, 0.5) is 0 Å². The molecule has 3 rings (SSSR count). The van der Waals surface area contributed by atoms with E-state index in [0.717, 1.165) is 0 Å². The normalized spacial score (nSPS) is 14.6. The molecule has 0 fully saturated rings. The Morgan fingerprint density at radius 1 is 1.09 bits per heavy atom. The number of carbonyl (C=O) groups excluding carboxylic acids is 1. The van der Waals surface area contributed by atoms with E-state index in [1.165, 1.54) is 13.2 Å². The predicted octanol–water partition coefficient (Wildman–Crippen LogP) is 1.08. The zero-order chi connectivity index (χ0) is 16.4. The third kappa shape index (κ3) is 2.76. The Balaban J connectivity index is 1.81. The van der Waals surface area contributed by atoms with Crippen LogP contribution in [0.5, 0.6) is 5.75 Å². The number of amidine groups is 1. The first-order valence-corrected chi connectivity index (χ1v) is 8.10. The van der Waals surface area contributed by atoms with Gasteiger partial charge in [-0.3, -0.25) is 15.6 Å². The van der Waals surface area contributed by atoms with Gasteiger partial charge in [-0.15, -0.1) is 4.40 Å². The lowest BCUT2D eigenvalue weighted by Gasteiger charge is -2.10. The molecule has 0 saturated heterocycles. The van der Waals surface area contributed by atoms with Gasteiger partial charge < -0.3 is 4.74 Å². The second-order valence-electron chi connectivity index (χ2n) is 4.69. The Bertz CT molecular complexity index is 906. The Morgan fingerprint density at radius 3 is 2.57 bits per heavy atom. The van der Waals surface area contributed by atoms with Gasteiger partial charge in [-0.05, 0) is 24.3 Å². The summed E-state index contributed by atoms with van der Waals surface area (Å²) in [6.45, 7) is 0. The summed E-state index contributed by atoms with van der Waals surface area (Å²) in [7, 11) is -2.27. The second kappa shape index (κ2) is 5.73. The van der Waals surface area contributed by atoms with Crippen molar-refractivity contribution in [3.05, 3.63) is 59.7 Å². The number of ether oxygens (including phenoxy) is 1. The Morgan fingerprint density at radius 2 is 1.78 bits per heavy atom. The third-order valence-corrected chi connectivity index (χ3v) is 4.61. The van der Waals surface area contributed by atoms with Gasteiger partial charge in [0, 0.05) is 5.56 Å². The molecule has 0 bridgehead atoms. The molecule has 2 N–H and O–H groups in total. The molecule has 8 heteroatoms. The number of para-hydroxylation sites is 1. The van der Waals surface area contributed by atoms with E-state index in [2.05, 4.69) is 15.2 Å². The van der Waals surface area contributed by atoms with Crippen molar-refractivity contribution < 1.29 is 17.9 Å². The molecule has 1 heterocycles.